The van der Waals surface area contributed by atoms with E-state index in [1.807, 2.05) is 30.3 Å². The zero-order chi connectivity index (χ0) is 26.4. The van der Waals surface area contributed by atoms with E-state index in [2.05, 4.69) is 10.6 Å². The van der Waals surface area contributed by atoms with Crippen molar-refractivity contribution in [3.8, 4) is 17.5 Å². The van der Waals surface area contributed by atoms with Crippen molar-refractivity contribution in [3.63, 3.8) is 0 Å². The number of hydrogen-bond acceptors (Lipinski definition) is 6. The molecule has 5 rings (SSSR count). The molecule has 0 saturated carbocycles. The van der Waals surface area contributed by atoms with Gasteiger partial charge in [-0.25, -0.2) is 8.42 Å². The van der Waals surface area contributed by atoms with E-state index in [0.717, 1.165) is 22.6 Å². The first-order chi connectivity index (χ1) is 17.7. The second kappa shape index (κ2) is 9.36. The molecule has 1 N–H and O–H groups in total. The summed E-state index contributed by atoms with van der Waals surface area (Å²) >= 11 is 0. The zero-order valence-electron chi connectivity index (χ0n) is 20.8. The van der Waals surface area contributed by atoms with E-state index < -0.39 is 20.7 Å². The topological polar surface area (TPSA) is 113 Å². The number of hydrogen-bond donors (Lipinski definition) is 1. The minimum atomic E-state index is -3.40. The number of amides is 1. The molecule has 0 bridgehead atoms. The van der Waals surface area contributed by atoms with Crippen LogP contribution in [0.25, 0.3) is 5.69 Å². The highest BCUT2D eigenvalue weighted by Crippen LogP contribution is 2.46. The van der Waals surface area contributed by atoms with E-state index in [0.29, 0.717) is 37.2 Å². The van der Waals surface area contributed by atoms with Crippen LogP contribution in [0.4, 0.5) is 0 Å². The van der Waals surface area contributed by atoms with E-state index in [9.17, 15) is 23.6 Å². The van der Waals surface area contributed by atoms with Crippen molar-refractivity contribution in [2.75, 3.05) is 13.1 Å². The number of carbonyl (C=O) groups excluding carboxylic acids is 1. The van der Waals surface area contributed by atoms with Crippen LogP contribution in [0, 0.1) is 11.3 Å². The predicted octanol–water partition coefficient (Wildman–Crippen LogP) is 3.74. The molecule has 1 fully saturated rings. The summed E-state index contributed by atoms with van der Waals surface area (Å²) in [7, 11) is -3.40. The second-order valence-corrected chi connectivity index (χ2v) is 12.4. The summed E-state index contributed by atoms with van der Waals surface area (Å²) < 4.78 is 33.5. The van der Waals surface area contributed by atoms with Gasteiger partial charge in [-0.3, -0.25) is 4.79 Å². The summed E-state index contributed by atoms with van der Waals surface area (Å²) in [5.41, 5.74) is 3.18. The van der Waals surface area contributed by atoms with Crippen LogP contribution in [0.15, 0.2) is 59.5 Å². The molecule has 1 aromatic heterocycles. The number of aromatic nitrogens is 1. The Morgan fingerprint density at radius 1 is 1.11 bits per heavy atom. The fraction of sp³-hybridized carbons (Fsp3) is 0.357. The molecular weight excluding hydrogens is 490 g/mol. The molecular formula is C28H29N3O5S. The van der Waals surface area contributed by atoms with Crippen molar-refractivity contribution >= 4 is 15.7 Å². The van der Waals surface area contributed by atoms with Crippen LogP contribution >= 0.6 is 0 Å². The minimum Gasteiger partial charge on any atom is -0.479 e. The van der Waals surface area contributed by atoms with Crippen molar-refractivity contribution in [1.29, 1.82) is 5.26 Å². The number of aliphatic hydroxyl groups excluding tert-OH is 1. The van der Waals surface area contributed by atoms with Gasteiger partial charge in [0.25, 0.3) is 5.91 Å². The van der Waals surface area contributed by atoms with Gasteiger partial charge in [-0.1, -0.05) is 6.07 Å². The van der Waals surface area contributed by atoms with Gasteiger partial charge in [-0.2, -0.15) is 5.26 Å². The molecule has 0 unspecified atom stereocenters. The number of rotatable bonds is 5. The summed E-state index contributed by atoms with van der Waals surface area (Å²) in [6.45, 7) is 4.08. The van der Waals surface area contributed by atoms with Crippen molar-refractivity contribution in [2.24, 2.45) is 0 Å². The van der Waals surface area contributed by atoms with Crippen LogP contribution in [0.2, 0.25) is 0 Å². The van der Waals surface area contributed by atoms with Crippen molar-refractivity contribution in [2.45, 2.75) is 55.5 Å². The SMILES string of the molecule is CC(C)S(=O)(=O)c1ccc(C(=O)N2CCC3(CC2)Oc2cc(CO)ccc2-n2c(CC#N)ccc23)cc1. The number of piperidine rings is 1. The molecule has 0 aliphatic carbocycles. The molecule has 1 amide bonds. The van der Waals surface area contributed by atoms with Gasteiger partial charge >= 0.3 is 0 Å². The van der Waals surface area contributed by atoms with Gasteiger partial charge in [0.15, 0.2) is 15.4 Å². The minimum absolute atomic E-state index is 0.104. The number of fused-ring (bicyclic) bond motifs is 4. The maximum Gasteiger partial charge on any atom is 0.253 e. The third-order valence-corrected chi connectivity index (χ3v) is 9.52. The van der Waals surface area contributed by atoms with Crippen molar-refractivity contribution < 1.29 is 23.1 Å². The van der Waals surface area contributed by atoms with Crippen LogP contribution < -0.4 is 4.74 Å². The van der Waals surface area contributed by atoms with E-state index in [1.54, 1.807) is 30.9 Å². The molecule has 9 heteroatoms. The van der Waals surface area contributed by atoms with Crippen molar-refractivity contribution in [3.05, 3.63) is 77.1 Å². The molecule has 37 heavy (non-hydrogen) atoms. The number of nitrogens with zero attached hydrogens (tertiary/aromatic N) is 3. The monoisotopic (exact) mass is 519 g/mol. The molecule has 0 radical (unpaired) electrons. The Labute approximate surface area is 216 Å². The van der Waals surface area contributed by atoms with Gasteiger partial charge in [0.1, 0.15) is 5.75 Å². The highest BCUT2D eigenvalue weighted by molar-refractivity contribution is 7.92. The van der Waals surface area contributed by atoms with E-state index in [1.165, 1.54) is 12.1 Å². The number of carbonyl (C=O) groups is 1. The van der Waals surface area contributed by atoms with E-state index >= 15 is 0 Å². The summed E-state index contributed by atoms with van der Waals surface area (Å²) in [6, 6.07) is 17.9. The number of benzene rings is 2. The van der Waals surface area contributed by atoms with E-state index in [4.69, 9.17) is 4.74 Å². The normalized spacial score (nSPS) is 16.1. The van der Waals surface area contributed by atoms with Crippen LogP contribution in [0.3, 0.4) is 0 Å². The first-order valence-corrected chi connectivity index (χ1v) is 13.9. The standard InChI is InChI=1S/C28H29N3O5S/c1-19(2)37(34,35)23-7-4-21(5-8-23)27(33)30-15-12-28(13-16-30)26-10-6-22(11-14-29)31(26)24-9-3-20(18-32)17-25(24)36-28/h3-10,17,19,32H,11-13,15-16,18H2,1-2H3. The second-order valence-electron chi connectivity index (χ2n) is 9.85. The number of ether oxygens (including phenoxy) is 1. The average Bonchev–Trinajstić information content (AvgIpc) is 3.33. The Morgan fingerprint density at radius 2 is 1.81 bits per heavy atom. The number of sulfone groups is 1. The van der Waals surface area contributed by atoms with Gasteiger partial charge in [0.05, 0.1) is 40.6 Å². The first kappa shape index (κ1) is 25.1. The van der Waals surface area contributed by atoms with Gasteiger partial charge in [0.2, 0.25) is 0 Å². The molecule has 3 aromatic rings. The third-order valence-electron chi connectivity index (χ3n) is 7.35. The quantitative estimate of drug-likeness (QED) is 0.550. The molecule has 1 saturated heterocycles. The lowest BCUT2D eigenvalue weighted by atomic mass is 9.86. The maximum atomic E-state index is 13.2. The van der Waals surface area contributed by atoms with Gasteiger partial charge < -0.3 is 19.3 Å². The fourth-order valence-corrected chi connectivity index (χ4v) is 6.26. The molecule has 0 atom stereocenters. The highest BCUT2D eigenvalue weighted by Gasteiger charge is 2.45. The predicted molar refractivity (Wildman–Crippen MR) is 137 cm³/mol. The average molecular weight is 520 g/mol. The van der Waals surface area contributed by atoms with Crippen LogP contribution in [0.5, 0.6) is 5.75 Å². The Hall–Kier alpha value is -3.61. The molecule has 3 heterocycles. The van der Waals surface area contributed by atoms with Crippen LogP contribution in [-0.2, 0) is 28.5 Å². The van der Waals surface area contributed by atoms with Gasteiger partial charge in [0, 0.05) is 37.2 Å². The maximum absolute atomic E-state index is 13.2. The summed E-state index contributed by atoms with van der Waals surface area (Å²) in [5, 5.41) is 18.5. The van der Waals surface area contributed by atoms with Gasteiger partial charge in [-0.05, 0) is 67.9 Å². The lowest BCUT2D eigenvalue weighted by Gasteiger charge is -2.45. The highest BCUT2D eigenvalue weighted by atomic mass is 32.2. The largest absolute Gasteiger partial charge is 0.479 e. The lowest BCUT2D eigenvalue weighted by Crippen LogP contribution is -2.50. The Kier molecular flexibility index (Phi) is 6.34. The van der Waals surface area contributed by atoms with Crippen molar-refractivity contribution in [1.82, 2.24) is 9.47 Å². The van der Waals surface area contributed by atoms with E-state index in [-0.39, 0.29) is 23.8 Å². The number of aliphatic hydroxyl groups is 1. The fourth-order valence-electron chi connectivity index (χ4n) is 5.20. The smallest absolute Gasteiger partial charge is 0.253 e. The van der Waals surface area contributed by atoms with Crippen LogP contribution in [0.1, 0.15) is 54.0 Å². The molecule has 2 aliphatic heterocycles. The first-order valence-electron chi connectivity index (χ1n) is 12.3. The molecule has 2 aromatic carbocycles. The summed E-state index contributed by atoms with van der Waals surface area (Å²) in [5.74, 6) is 0.499. The van der Waals surface area contributed by atoms with Crippen LogP contribution in [-0.4, -0.2) is 47.2 Å². The van der Waals surface area contributed by atoms with Gasteiger partial charge in [-0.15, -0.1) is 0 Å². The zero-order valence-corrected chi connectivity index (χ0v) is 21.7. The number of likely N-dealkylation sites (tertiary alicyclic amines) is 1. The summed E-state index contributed by atoms with van der Waals surface area (Å²) in [6.07, 6.45) is 1.36. The Bertz CT molecular complexity index is 1490. The molecule has 8 nitrogen and oxygen atoms in total. The molecule has 192 valence electrons. The Morgan fingerprint density at radius 3 is 2.43 bits per heavy atom. The summed E-state index contributed by atoms with van der Waals surface area (Å²) in [4.78, 5) is 15.2. The number of nitriles is 1. The third kappa shape index (κ3) is 4.20. The Balaban J connectivity index is 1.40. The molecule has 1 spiro atoms. The lowest BCUT2D eigenvalue weighted by molar-refractivity contribution is -0.00961. The molecule has 2 aliphatic rings.